The fraction of sp³-hybridized carbons (Fsp3) is 0.0556. The highest BCUT2D eigenvalue weighted by Gasteiger charge is 2.37. The van der Waals surface area contributed by atoms with Crippen LogP contribution in [-0.2, 0) is 0 Å². The fourth-order valence-electron chi connectivity index (χ4n) is 2.67. The number of nitrogens with one attached hydrogen (secondary N) is 2. The number of rotatable bonds is 4. The smallest absolute Gasteiger partial charge is 0.266 e. The van der Waals surface area contributed by atoms with Crippen LogP contribution in [0.15, 0.2) is 41.5 Å². The molecule has 8 nitrogen and oxygen atoms in total. The maximum Gasteiger partial charge on any atom is 0.266 e. The van der Waals surface area contributed by atoms with Gasteiger partial charge in [-0.2, -0.15) is 10.4 Å². The number of carbonyl (C=O) groups is 2. The molecule has 0 fully saturated rings. The summed E-state index contributed by atoms with van der Waals surface area (Å²) >= 11 is 5.93. The van der Waals surface area contributed by atoms with Crippen molar-refractivity contribution >= 4 is 46.3 Å². The van der Waals surface area contributed by atoms with Crippen LogP contribution in [0.25, 0.3) is 0 Å². The molecule has 1 heterocycles. The van der Waals surface area contributed by atoms with Gasteiger partial charge in [-0.3, -0.25) is 20.4 Å². The Balaban J connectivity index is 1.91. The maximum absolute atomic E-state index is 12.7. The minimum Gasteiger partial charge on any atom is -0.382 e. The van der Waals surface area contributed by atoms with Crippen molar-refractivity contribution in [3.05, 3.63) is 58.1 Å². The summed E-state index contributed by atoms with van der Waals surface area (Å²) in [4.78, 5) is 26.4. The van der Waals surface area contributed by atoms with E-state index in [0.29, 0.717) is 27.5 Å². The first-order valence-electron chi connectivity index (χ1n) is 7.70. The molecule has 0 saturated carbocycles. The average Bonchev–Trinajstić information content (AvgIpc) is 2.86. The highest BCUT2D eigenvalue weighted by atomic mass is 35.5. The van der Waals surface area contributed by atoms with E-state index in [9.17, 15) is 9.59 Å². The van der Waals surface area contributed by atoms with Gasteiger partial charge in [-0.15, -0.1) is 0 Å². The van der Waals surface area contributed by atoms with Gasteiger partial charge < -0.3 is 5.73 Å². The van der Waals surface area contributed by atoms with E-state index in [1.54, 1.807) is 37.3 Å². The number of hydrazone groups is 1. The average molecular weight is 381 g/mol. The minimum absolute atomic E-state index is 0.256. The maximum atomic E-state index is 12.7. The summed E-state index contributed by atoms with van der Waals surface area (Å²) in [5.74, 6) is -1.32. The number of hydrogen-bond acceptors (Lipinski definition) is 6. The van der Waals surface area contributed by atoms with Crippen molar-refractivity contribution in [2.45, 2.75) is 6.92 Å². The second-order valence-corrected chi connectivity index (χ2v) is 6.17. The minimum atomic E-state index is -0.456. The Bertz CT molecular complexity index is 1070. The van der Waals surface area contributed by atoms with Crippen LogP contribution in [0.5, 0.6) is 0 Å². The van der Waals surface area contributed by atoms with Gasteiger partial charge in [0.1, 0.15) is 6.07 Å². The zero-order chi connectivity index (χ0) is 19.7. The first-order chi connectivity index (χ1) is 12.8. The molecule has 27 heavy (non-hydrogen) atoms. The van der Waals surface area contributed by atoms with Crippen LogP contribution >= 0.6 is 11.6 Å². The highest BCUT2D eigenvalue weighted by molar-refractivity contribution is 6.45. The topological polar surface area (TPSA) is 135 Å². The quantitative estimate of drug-likeness (QED) is 0.324. The Morgan fingerprint density at radius 1 is 1.22 bits per heavy atom. The molecular formula is C18H13ClN6O2. The van der Waals surface area contributed by atoms with Gasteiger partial charge in [-0.05, 0) is 48.9 Å². The van der Waals surface area contributed by atoms with Gasteiger partial charge in [0, 0.05) is 5.02 Å². The molecule has 0 saturated heterocycles. The van der Waals surface area contributed by atoms with E-state index in [0.717, 1.165) is 4.90 Å². The van der Waals surface area contributed by atoms with Crippen molar-refractivity contribution in [2.75, 3.05) is 10.3 Å². The molecule has 0 aliphatic carbocycles. The zero-order valence-electron chi connectivity index (χ0n) is 14.1. The first kappa shape index (κ1) is 18.1. The van der Waals surface area contributed by atoms with E-state index >= 15 is 0 Å². The van der Waals surface area contributed by atoms with Crippen LogP contribution in [-0.4, -0.2) is 23.4 Å². The Kier molecular flexibility index (Phi) is 4.62. The molecule has 0 spiro atoms. The Morgan fingerprint density at radius 2 is 1.93 bits per heavy atom. The number of aryl methyl sites for hydroxylation is 1. The van der Waals surface area contributed by atoms with Gasteiger partial charge >= 0.3 is 0 Å². The number of anilines is 2. The molecule has 0 aromatic heterocycles. The highest BCUT2D eigenvalue weighted by Crippen LogP contribution is 2.33. The summed E-state index contributed by atoms with van der Waals surface area (Å²) < 4.78 is 0. The third-order valence-corrected chi connectivity index (χ3v) is 4.18. The van der Waals surface area contributed by atoms with E-state index in [2.05, 4.69) is 10.5 Å². The van der Waals surface area contributed by atoms with Crippen LogP contribution in [0.2, 0.25) is 5.02 Å². The van der Waals surface area contributed by atoms with Gasteiger partial charge in [0.25, 0.3) is 11.8 Å². The molecule has 9 heteroatoms. The normalized spacial score (nSPS) is 13.4. The van der Waals surface area contributed by atoms with Gasteiger partial charge in [-0.1, -0.05) is 11.6 Å². The lowest BCUT2D eigenvalue weighted by Gasteiger charge is -2.17. The number of nitrogens with zero attached hydrogens (tertiary/aromatic N) is 3. The summed E-state index contributed by atoms with van der Waals surface area (Å²) in [6.45, 7) is 1.73. The van der Waals surface area contributed by atoms with Gasteiger partial charge in [0.05, 0.1) is 22.5 Å². The standard InChI is InChI=1S/C18H13ClN6O2/c1-9-6-11(23-24-14(8-20)16(21)22)3-5-15(9)25-17(26)12-4-2-10(19)7-13(12)18(25)27/h2-7,23H,1H3,(H3,21,22)/b24-14+. The summed E-state index contributed by atoms with van der Waals surface area (Å²) in [6, 6.07) is 11.1. The molecule has 1 aliphatic heterocycles. The van der Waals surface area contributed by atoms with Crippen molar-refractivity contribution in [3.8, 4) is 6.07 Å². The number of nitrogens with two attached hydrogens (primary N) is 1. The molecule has 0 unspecified atom stereocenters. The molecule has 2 aromatic rings. The second-order valence-electron chi connectivity index (χ2n) is 5.73. The number of hydrogen-bond donors (Lipinski definition) is 3. The molecule has 1 aliphatic rings. The predicted molar refractivity (Wildman–Crippen MR) is 102 cm³/mol. The third-order valence-electron chi connectivity index (χ3n) is 3.94. The van der Waals surface area contributed by atoms with Crippen LogP contribution < -0.4 is 16.1 Å². The van der Waals surface area contributed by atoms with Crippen molar-refractivity contribution in [1.82, 2.24) is 0 Å². The number of benzene rings is 2. The fourth-order valence-corrected chi connectivity index (χ4v) is 2.85. The monoisotopic (exact) mass is 380 g/mol. The molecule has 4 N–H and O–H groups in total. The third kappa shape index (κ3) is 3.23. The lowest BCUT2D eigenvalue weighted by molar-refractivity contribution is 0.0926. The first-order valence-corrected chi connectivity index (χ1v) is 8.08. The summed E-state index contributed by atoms with van der Waals surface area (Å²) in [7, 11) is 0. The number of amidine groups is 1. The van der Waals surface area contributed by atoms with E-state index < -0.39 is 17.6 Å². The van der Waals surface area contributed by atoms with E-state index in [4.69, 9.17) is 28.0 Å². The molecule has 0 radical (unpaired) electrons. The van der Waals surface area contributed by atoms with Crippen LogP contribution in [0.1, 0.15) is 26.3 Å². The molecule has 3 rings (SSSR count). The van der Waals surface area contributed by atoms with E-state index in [-0.39, 0.29) is 11.3 Å². The van der Waals surface area contributed by atoms with Gasteiger partial charge in [0.15, 0.2) is 5.84 Å². The Labute approximate surface area is 159 Å². The Hall–Kier alpha value is -3.70. The van der Waals surface area contributed by atoms with Crippen LogP contribution in [0.3, 0.4) is 0 Å². The van der Waals surface area contributed by atoms with Crippen molar-refractivity contribution in [2.24, 2.45) is 10.8 Å². The summed E-state index contributed by atoms with van der Waals surface area (Å²) in [5, 5.41) is 20.2. The van der Waals surface area contributed by atoms with Crippen molar-refractivity contribution in [3.63, 3.8) is 0 Å². The summed E-state index contributed by atoms with van der Waals surface area (Å²) in [5.41, 5.74) is 9.73. The van der Waals surface area contributed by atoms with E-state index in [1.807, 2.05) is 0 Å². The number of imide groups is 1. The molecule has 2 amide bonds. The number of fused-ring (bicyclic) bond motifs is 1. The second kappa shape index (κ2) is 6.90. The summed E-state index contributed by atoms with van der Waals surface area (Å²) in [6.07, 6.45) is 0. The number of amides is 2. The zero-order valence-corrected chi connectivity index (χ0v) is 14.8. The number of carbonyl (C=O) groups excluding carboxylic acids is 2. The molecule has 134 valence electrons. The predicted octanol–water partition coefficient (Wildman–Crippen LogP) is 2.68. The molecule has 0 bridgehead atoms. The SMILES string of the molecule is Cc1cc(N/N=C(\C#N)C(=N)N)ccc1N1C(=O)c2ccc(Cl)cc2C1=O. The number of halogens is 1. The van der Waals surface area contributed by atoms with Gasteiger partial charge in [-0.25, -0.2) is 4.90 Å². The van der Waals surface area contributed by atoms with Crippen molar-refractivity contribution < 1.29 is 9.59 Å². The molecule has 0 atom stereocenters. The number of nitriles is 1. The lowest BCUT2D eigenvalue weighted by atomic mass is 10.1. The van der Waals surface area contributed by atoms with Crippen LogP contribution in [0, 0.1) is 23.7 Å². The van der Waals surface area contributed by atoms with Gasteiger partial charge in [0.2, 0.25) is 5.71 Å². The Morgan fingerprint density at radius 3 is 2.56 bits per heavy atom. The van der Waals surface area contributed by atoms with Crippen molar-refractivity contribution in [1.29, 1.82) is 10.7 Å². The lowest BCUT2D eigenvalue weighted by Crippen LogP contribution is -2.30. The molecule has 2 aromatic carbocycles. The van der Waals surface area contributed by atoms with Crippen LogP contribution in [0.4, 0.5) is 11.4 Å². The van der Waals surface area contributed by atoms with E-state index in [1.165, 1.54) is 12.1 Å². The molecular weight excluding hydrogens is 368 g/mol. The largest absolute Gasteiger partial charge is 0.382 e.